The van der Waals surface area contributed by atoms with Gasteiger partial charge in [0, 0.05) is 10.9 Å². The maximum atomic E-state index is 9.10. The molecule has 0 spiro atoms. The average molecular weight is 265 g/mol. The van der Waals surface area contributed by atoms with Crippen LogP contribution in [0.25, 0.3) is 22.2 Å². The fourth-order valence-electron chi connectivity index (χ4n) is 2.23. The van der Waals surface area contributed by atoms with Crippen LogP contribution in [0, 0.1) is 0 Å². The standard InChI is InChI=1S/C17H15NO2/c1-20-16-10-14-4-2-3-5-15(14)18-17(16)13-8-6-12(11-19)7-9-13/h2-10,19H,11H2,1H3. The normalized spacial score (nSPS) is 10.7. The molecular weight excluding hydrogens is 250 g/mol. The molecule has 0 aliphatic rings. The smallest absolute Gasteiger partial charge is 0.145 e. The molecule has 3 heteroatoms. The van der Waals surface area contributed by atoms with E-state index in [1.807, 2.05) is 54.6 Å². The van der Waals surface area contributed by atoms with Crippen molar-refractivity contribution in [2.75, 3.05) is 7.11 Å². The minimum absolute atomic E-state index is 0.0442. The second-order valence-electron chi connectivity index (χ2n) is 4.59. The van der Waals surface area contributed by atoms with Crippen molar-refractivity contribution in [3.05, 3.63) is 60.2 Å². The van der Waals surface area contributed by atoms with Crippen LogP contribution < -0.4 is 4.74 Å². The Hall–Kier alpha value is -2.39. The zero-order chi connectivity index (χ0) is 13.9. The van der Waals surface area contributed by atoms with Gasteiger partial charge in [0.15, 0.2) is 0 Å². The molecule has 0 radical (unpaired) electrons. The van der Waals surface area contributed by atoms with Gasteiger partial charge >= 0.3 is 0 Å². The first-order chi connectivity index (χ1) is 9.81. The second-order valence-corrected chi connectivity index (χ2v) is 4.59. The highest BCUT2D eigenvalue weighted by Gasteiger charge is 2.09. The van der Waals surface area contributed by atoms with E-state index < -0.39 is 0 Å². The molecule has 1 aromatic heterocycles. The number of pyridine rings is 1. The van der Waals surface area contributed by atoms with Gasteiger partial charge in [-0.15, -0.1) is 0 Å². The second kappa shape index (κ2) is 5.31. The Labute approximate surface area is 117 Å². The summed E-state index contributed by atoms with van der Waals surface area (Å²) in [7, 11) is 1.65. The Balaban J connectivity index is 2.17. The monoisotopic (exact) mass is 265 g/mol. The number of methoxy groups -OCH3 is 1. The molecule has 0 unspecified atom stereocenters. The van der Waals surface area contributed by atoms with E-state index in [-0.39, 0.29) is 6.61 Å². The number of nitrogens with zero attached hydrogens (tertiary/aromatic N) is 1. The fourth-order valence-corrected chi connectivity index (χ4v) is 2.23. The summed E-state index contributed by atoms with van der Waals surface area (Å²) in [5, 5.41) is 10.2. The molecule has 3 rings (SSSR count). The zero-order valence-corrected chi connectivity index (χ0v) is 11.2. The Kier molecular flexibility index (Phi) is 3.35. The summed E-state index contributed by atoms with van der Waals surface area (Å²) in [4.78, 5) is 4.68. The van der Waals surface area contributed by atoms with Gasteiger partial charge in [0.2, 0.25) is 0 Å². The van der Waals surface area contributed by atoms with Gasteiger partial charge in [-0.1, -0.05) is 42.5 Å². The van der Waals surface area contributed by atoms with Gasteiger partial charge in [0.25, 0.3) is 0 Å². The highest BCUT2D eigenvalue weighted by Crippen LogP contribution is 2.31. The largest absolute Gasteiger partial charge is 0.494 e. The molecule has 20 heavy (non-hydrogen) atoms. The average Bonchev–Trinajstić information content (AvgIpc) is 2.53. The molecule has 0 saturated carbocycles. The predicted octanol–water partition coefficient (Wildman–Crippen LogP) is 3.40. The van der Waals surface area contributed by atoms with Crippen molar-refractivity contribution in [2.24, 2.45) is 0 Å². The molecule has 0 aliphatic carbocycles. The van der Waals surface area contributed by atoms with Crippen molar-refractivity contribution in [2.45, 2.75) is 6.61 Å². The number of aromatic nitrogens is 1. The van der Waals surface area contributed by atoms with Gasteiger partial charge in [-0.05, 0) is 17.7 Å². The molecule has 0 aliphatic heterocycles. The third kappa shape index (κ3) is 2.24. The molecule has 0 amide bonds. The summed E-state index contributed by atoms with van der Waals surface area (Å²) in [5.41, 5.74) is 3.61. The summed E-state index contributed by atoms with van der Waals surface area (Å²) in [6.45, 7) is 0.0442. The van der Waals surface area contributed by atoms with Gasteiger partial charge in [-0.25, -0.2) is 4.98 Å². The summed E-state index contributed by atoms with van der Waals surface area (Å²) < 4.78 is 5.45. The van der Waals surface area contributed by atoms with Gasteiger partial charge < -0.3 is 9.84 Å². The first kappa shape index (κ1) is 12.6. The Morgan fingerprint density at radius 2 is 1.80 bits per heavy atom. The highest BCUT2D eigenvalue weighted by atomic mass is 16.5. The first-order valence-corrected chi connectivity index (χ1v) is 6.46. The van der Waals surface area contributed by atoms with Crippen LogP contribution in [0.15, 0.2) is 54.6 Å². The molecule has 100 valence electrons. The zero-order valence-electron chi connectivity index (χ0n) is 11.2. The lowest BCUT2D eigenvalue weighted by atomic mass is 10.1. The summed E-state index contributed by atoms with van der Waals surface area (Å²) >= 11 is 0. The molecule has 2 aromatic carbocycles. The Morgan fingerprint density at radius 3 is 2.50 bits per heavy atom. The van der Waals surface area contributed by atoms with Gasteiger partial charge in [-0.2, -0.15) is 0 Å². The fraction of sp³-hybridized carbons (Fsp3) is 0.118. The van der Waals surface area contributed by atoms with Crippen molar-refractivity contribution in [1.82, 2.24) is 4.98 Å². The van der Waals surface area contributed by atoms with Crippen molar-refractivity contribution >= 4 is 10.9 Å². The minimum Gasteiger partial charge on any atom is -0.494 e. The maximum absolute atomic E-state index is 9.10. The molecule has 0 atom stereocenters. The number of fused-ring (bicyclic) bond motifs is 1. The molecule has 0 fully saturated rings. The molecule has 3 aromatic rings. The van der Waals surface area contributed by atoms with E-state index in [4.69, 9.17) is 9.84 Å². The third-order valence-corrected chi connectivity index (χ3v) is 3.32. The lowest BCUT2D eigenvalue weighted by molar-refractivity contribution is 0.282. The van der Waals surface area contributed by atoms with Crippen LogP contribution in [0.3, 0.4) is 0 Å². The number of hydrogen-bond donors (Lipinski definition) is 1. The summed E-state index contributed by atoms with van der Waals surface area (Å²) in [6.07, 6.45) is 0. The quantitative estimate of drug-likeness (QED) is 0.789. The van der Waals surface area contributed by atoms with Gasteiger partial charge in [-0.3, -0.25) is 0 Å². The van der Waals surface area contributed by atoms with Crippen LogP contribution in [-0.2, 0) is 6.61 Å². The summed E-state index contributed by atoms with van der Waals surface area (Å²) in [6, 6.07) is 17.6. The molecule has 0 bridgehead atoms. The number of aliphatic hydroxyl groups is 1. The molecule has 1 N–H and O–H groups in total. The number of benzene rings is 2. The van der Waals surface area contributed by atoms with Gasteiger partial charge in [0.05, 0.1) is 19.2 Å². The van der Waals surface area contributed by atoms with E-state index in [9.17, 15) is 0 Å². The van der Waals surface area contributed by atoms with Crippen LogP contribution in [0.5, 0.6) is 5.75 Å². The SMILES string of the molecule is COc1cc2ccccc2nc1-c1ccc(CO)cc1. The number of ether oxygens (including phenoxy) is 1. The lowest BCUT2D eigenvalue weighted by Gasteiger charge is -2.10. The van der Waals surface area contributed by atoms with E-state index in [1.54, 1.807) is 7.11 Å². The third-order valence-electron chi connectivity index (χ3n) is 3.32. The van der Waals surface area contributed by atoms with Crippen LogP contribution in [0.4, 0.5) is 0 Å². The Morgan fingerprint density at radius 1 is 1.05 bits per heavy atom. The lowest BCUT2D eigenvalue weighted by Crippen LogP contribution is -1.93. The van der Waals surface area contributed by atoms with Crippen LogP contribution >= 0.6 is 0 Å². The summed E-state index contributed by atoms with van der Waals surface area (Å²) in [5.74, 6) is 0.750. The van der Waals surface area contributed by atoms with E-state index in [2.05, 4.69) is 4.98 Å². The van der Waals surface area contributed by atoms with Crippen molar-refractivity contribution < 1.29 is 9.84 Å². The van der Waals surface area contributed by atoms with Crippen molar-refractivity contribution in [1.29, 1.82) is 0 Å². The van der Waals surface area contributed by atoms with Crippen LogP contribution in [-0.4, -0.2) is 17.2 Å². The number of para-hydroxylation sites is 1. The van der Waals surface area contributed by atoms with Crippen molar-refractivity contribution in [3.63, 3.8) is 0 Å². The number of rotatable bonds is 3. The molecular formula is C17H15NO2. The van der Waals surface area contributed by atoms with E-state index in [1.165, 1.54) is 0 Å². The van der Waals surface area contributed by atoms with Gasteiger partial charge in [0.1, 0.15) is 11.4 Å². The van der Waals surface area contributed by atoms with Crippen LogP contribution in [0.1, 0.15) is 5.56 Å². The van der Waals surface area contributed by atoms with E-state index in [0.29, 0.717) is 0 Å². The Bertz CT molecular complexity index is 736. The van der Waals surface area contributed by atoms with Crippen LogP contribution in [0.2, 0.25) is 0 Å². The molecule has 3 nitrogen and oxygen atoms in total. The number of hydrogen-bond acceptors (Lipinski definition) is 3. The minimum atomic E-state index is 0.0442. The molecule has 0 saturated heterocycles. The number of aliphatic hydroxyl groups excluding tert-OH is 1. The van der Waals surface area contributed by atoms with E-state index in [0.717, 1.165) is 33.5 Å². The molecule has 1 heterocycles. The predicted molar refractivity (Wildman–Crippen MR) is 79.7 cm³/mol. The topological polar surface area (TPSA) is 42.4 Å². The highest BCUT2D eigenvalue weighted by molar-refractivity contribution is 5.84. The van der Waals surface area contributed by atoms with Crippen molar-refractivity contribution in [3.8, 4) is 17.0 Å². The maximum Gasteiger partial charge on any atom is 0.145 e. The van der Waals surface area contributed by atoms with E-state index >= 15 is 0 Å². The first-order valence-electron chi connectivity index (χ1n) is 6.46.